The van der Waals surface area contributed by atoms with Crippen molar-refractivity contribution in [2.24, 2.45) is 0 Å². The van der Waals surface area contributed by atoms with E-state index in [9.17, 15) is 28.7 Å². The number of amides is 2. The summed E-state index contributed by atoms with van der Waals surface area (Å²) in [6, 6.07) is 4.83. The molecule has 2 amide bonds. The molecule has 0 bridgehead atoms. The first-order valence-electron chi connectivity index (χ1n) is 8.84. The van der Waals surface area contributed by atoms with Gasteiger partial charge in [-0.3, -0.25) is 14.4 Å². The van der Waals surface area contributed by atoms with Crippen LogP contribution in [0, 0.1) is 0 Å². The second-order valence-electron chi connectivity index (χ2n) is 6.66. The van der Waals surface area contributed by atoms with Gasteiger partial charge in [0.2, 0.25) is 11.8 Å². The summed E-state index contributed by atoms with van der Waals surface area (Å²) in [5.74, 6) is -2.92. The van der Waals surface area contributed by atoms with Crippen LogP contribution in [-0.4, -0.2) is 67.1 Å². The van der Waals surface area contributed by atoms with Crippen molar-refractivity contribution >= 4 is 45.3 Å². The number of Topliss-reactive ketones (excluding diaryl/α,β-unsaturated/α-hetero) is 1. The number of carbonyl (C=O) groups excluding carboxylic acids is 3. The Morgan fingerprint density at radius 2 is 2.07 bits per heavy atom. The SMILES string of the molecule is CC(=O)c1cc(C(=O)O)n(CC(=O)N2C[C@H](F)C[C@H]2C(=O)Nc2cccc(Br)n2)n1. The van der Waals surface area contributed by atoms with E-state index in [1.807, 2.05) is 0 Å². The minimum absolute atomic E-state index is 0.111. The number of likely N-dealkylation sites (tertiary alicyclic amines) is 1. The molecule has 0 aromatic carbocycles. The van der Waals surface area contributed by atoms with Gasteiger partial charge in [0, 0.05) is 19.4 Å². The summed E-state index contributed by atoms with van der Waals surface area (Å²) >= 11 is 3.18. The highest BCUT2D eigenvalue weighted by Gasteiger charge is 2.40. The van der Waals surface area contributed by atoms with Crippen molar-refractivity contribution in [3.8, 4) is 0 Å². The number of halogens is 2. The fourth-order valence-electron chi connectivity index (χ4n) is 3.10. The van der Waals surface area contributed by atoms with Crippen molar-refractivity contribution in [3.05, 3.63) is 40.3 Å². The normalized spacial score (nSPS) is 18.3. The lowest BCUT2D eigenvalue weighted by atomic mass is 10.2. The summed E-state index contributed by atoms with van der Waals surface area (Å²) in [6.07, 6.45) is -1.61. The summed E-state index contributed by atoms with van der Waals surface area (Å²) in [4.78, 5) is 53.3. The van der Waals surface area contributed by atoms with Crippen molar-refractivity contribution in [1.29, 1.82) is 0 Å². The molecule has 0 aliphatic carbocycles. The van der Waals surface area contributed by atoms with Crippen LogP contribution in [0.5, 0.6) is 0 Å². The molecule has 10 nitrogen and oxygen atoms in total. The number of pyridine rings is 1. The Kier molecular flexibility index (Phi) is 6.25. The molecule has 1 fully saturated rings. The Morgan fingerprint density at radius 1 is 1.33 bits per heavy atom. The van der Waals surface area contributed by atoms with Gasteiger partial charge in [-0.15, -0.1) is 0 Å². The molecular formula is C18H17BrFN5O5. The maximum Gasteiger partial charge on any atom is 0.354 e. The van der Waals surface area contributed by atoms with Gasteiger partial charge in [0.15, 0.2) is 5.78 Å². The van der Waals surface area contributed by atoms with Crippen LogP contribution in [0.25, 0.3) is 0 Å². The Bertz CT molecular complexity index is 1030. The molecule has 30 heavy (non-hydrogen) atoms. The largest absolute Gasteiger partial charge is 0.477 e. The molecule has 0 spiro atoms. The smallest absolute Gasteiger partial charge is 0.354 e. The van der Waals surface area contributed by atoms with E-state index in [2.05, 4.69) is 31.3 Å². The zero-order chi connectivity index (χ0) is 22.0. The molecule has 2 atom stereocenters. The predicted octanol–water partition coefficient (Wildman–Crippen LogP) is 1.52. The van der Waals surface area contributed by atoms with Gasteiger partial charge in [-0.05, 0) is 28.1 Å². The average Bonchev–Trinajstić information content (AvgIpc) is 3.25. The molecule has 2 aromatic rings. The molecule has 12 heteroatoms. The molecule has 0 radical (unpaired) electrons. The molecular weight excluding hydrogens is 465 g/mol. The highest BCUT2D eigenvalue weighted by atomic mass is 79.9. The molecule has 1 aliphatic rings. The Labute approximate surface area is 178 Å². The minimum atomic E-state index is -1.41. The third kappa shape index (κ3) is 4.70. The lowest BCUT2D eigenvalue weighted by Crippen LogP contribution is -2.45. The highest BCUT2D eigenvalue weighted by molar-refractivity contribution is 9.10. The number of carbonyl (C=O) groups is 4. The van der Waals surface area contributed by atoms with E-state index in [0.29, 0.717) is 4.60 Å². The summed E-state index contributed by atoms with van der Waals surface area (Å²) in [6.45, 7) is 0.344. The third-order valence-electron chi connectivity index (χ3n) is 4.48. The van der Waals surface area contributed by atoms with E-state index in [-0.39, 0.29) is 30.2 Å². The van der Waals surface area contributed by atoms with E-state index >= 15 is 0 Å². The summed E-state index contributed by atoms with van der Waals surface area (Å²) in [7, 11) is 0. The molecule has 158 valence electrons. The molecule has 3 heterocycles. The fraction of sp³-hybridized carbons (Fsp3) is 0.333. The number of hydrogen-bond acceptors (Lipinski definition) is 6. The summed E-state index contributed by atoms with van der Waals surface area (Å²) in [5, 5.41) is 15.7. The number of hydrogen-bond donors (Lipinski definition) is 2. The van der Waals surface area contributed by atoms with E-state index in [1.54, 1.807) is 18.2 Å². The van der Waals surface area contributed by atoms with E-state index < -0.39 is 42.3 Å². The first-order chi connectivity index (χ1) is 14.2. The van der Waals surface area contributed by atoms with E-state index in [1.165, 1.54) is 6.92 Å². The third-order valence-corrected chi connectivity index (χ3v) is 4.93. The molecule has 2 aromatic heterocycles. The second kappa shape index (κ2) is 8.69. The number of rotatable bonds is 6. The quantitative estimate of drug-likeness (QED) is 0.471. The van der Waals surface area contributed by atoms with Crippen molar-refractivity contribution in [1.82, 2.24) is 19.7 Å². The van der Waals surface area contributed by atoms with Crippen LogP contribution in [0.1, 0.15) is 34.3 Å². The van der Waals surface area contributed by atoms with E-state index in [0.717, 1.165) is 15.6 Å². The Hall–Kier alpha value is -3.15. The number of aromatic nitrogens is 3. The lowest BCUT2D eigenvalue weighted by molar-refractivity contribution is -0.137. The number of aromatic carboxylic acids is 1. The number of nitrogens with one attached hydrogen (secondary N) is 1. The van der Waals surface area contributed by atoms with Gasteiger partial charge in [0.1, 0.15) is 40.6 Å². The number of nitrogens with zero attached hydrogens (tertiary/aromatic N) is 4. The first kappa shape index (κ1) is 21.6. The van der Waals surface area contributed by atoms with Gasteiger partial charge >= 0.3 is 5.97 Å². The van der Waals surface area contributed by atoms with E-state index in [4.69, 9.17) is 0 Å². The lowest BCUT2D eigenvalue weighted by Gasteiger charge is -2.23. The highest BCUT2D eigenvalue weighted by Crippen LogP contribution is 2.23. The zero-order valence-electron chi connectivity index (χ0n) is 15.7. The molecule has 0 saturated carbocycles. The number of anilines is 1. The molecule has 1 aliphatic heterocycles. The maximum atomic E-state index is 14.0. The van der Waals surface area contributed by atoms with Gasteiger partial charge in [0.25, 0.3) is 0 Å². The topological polar surface area (TPSA) is 134 Å². The summed E-state index contributed by atoms with van der Waals surface area (Å²) in [5.41, 5.74) is -0.469. The fourth-order valence-corrected chi connectivity index (χ4v) is 3.44. The Morgan fingerprint density at radius 3 is 2.70 bits per heavy atom. The van der Waals surface area contributed by atoms with Crippen LogP contribution >= 0.6 is 15.9 Å². The second-order valence-corrected chi connectivity index (χ2v) is 7.48. The van der Waals surface area contributed by atoms with Crippen molar-refractivity contribution in [3.63, 3.8) is 0 Å². The van der Waals surface area contributed by atoms with Crippen LogP contribution in [0.3, 0.4) is 0 Å². The van der Waals surface area contributed by atoms with Crippen molar-refractivity contribution < 1.29 is 28.7 Å². The minimum Gasteiger partial charge on any atom is -0.477 e. The van der Waals surface area contributed by atoms with Gasteiger partial charge in [-0.2, -0.15) is 5.10 Å². The average molecular weight is 482 g/mol. The molecule has 2 N–H and O–H groups in total. The molecule has 1 saturated heterocycles. The van der Waals surface area contributed by atoms with Gasteiger partial charge in [-0.1, -0.05) is 6.07 Å². The van der Waals surface area contributed by atoms with Crippen LogP contribution in [-0.2, 0) is 16.1 Å². The maximum absolute atomic E-state index is 14.0. The predicted molar refractivity (Wildman–Crippen MR) is 105 cm³/mol. The van der Waals surface area contributed by atoms with Crippen molar-refractivity contribution in [2.75, 3.05) is 11.9 Å². The number of ketones is 1. The molecule has 3 rings (SSSR count). The standard InChI is InChI=1S/C18H17BrFN5O5/c1-9(26)11-6-13(18(29)30)25(23-11)8-16(27)24-7-10(20)5-12(24)17(28)22-15-4-2-3-14(19)21-15/h2-4,6,10,12H,5,7-8H2,1H3,(H,29,30)(H,21,22,28)/t10-,12+/m1/s1. The number of carboxylic acids is 1. The van der Waals surface area contributed by atoms with Gasteiger partial charge in [0.05, 0.1) is 6.54 Å². The van der Waals surface area contributed by atoms with Gasteiger partial charge in [-0.25, -0.2) is 18.9 Å². The summed E-state index contributed by atoms with van der Waals surface area (Å²) < 4.78 is 15.4. The van der Waals surface area contributed by atoms with Crippen LogP contribution < -0.4 is 5.32 Å². The Balaban J connectivity index is 1.78. The zero-order valence-corrected chi connectivity index (χ0v) is 17.3. The number of carboxylic acid groups (broad SMARTS) is 1. The van der Waals surface area contributed by atoms with Gasteiger partial charge < -0.3 is 15.3 Å². The van der Waals surface area contributed by atoms with Crippen LogP contribution in [0.2, 0.25) is 0 Å². The van der Waals surface area contributed by atoms with Crippen molar-refractivity contribution in [2.45, 2.75) is 32.1 Å². The van der Waals surface area contributed by atoms with Crippen LogP contribution in [0.4, 0.5) is 10.2 Å². The van der Waals surface area contributed by atoms with Crippen LogP contribution in [0.15, 0.2) is 28.9 Å². The molecule has 0 unspecified atom stereocenters. The first-order valence-corrected chi connectivity index (χ1v) is 9.64. The monoisotopic (exact) mass is 481 g/mol. The number of alkyl halides is 1.